The predicted octanol–water partition coefficient (Wildman–Crippen LogP) is 3.55. The van der Waals surface area contributed by atoms with E-state index >= 15 is 0 Å². The molecule has 4 rings (SSSR count). The maximum absolute atomic E-state index is 12.6. The van der Waals surface area contributed by atoms with Crippen molar-refractivity contribution in [3.05, 3.63) is 89.4 Å². The molecule has 0 unspecified atom stereocenters. The zero-order valence-corrected chi connectivity index (χ0v) is 20.1. The molecule has 0 atom stereocenters. The first-order chi connectivity index (χ1) is 16.4. The Hall–Kier alpha value is -3.07. The van der Waals surface area contributed by atoms with Gasteiger partial charge in [-0.3, -0.25) is 4.79 Å². The van der Waals surface area contributed by atoms with E-state index < -0.39 is 10.0 Å². The number of carbonyl (C=O) groups is 1. The van der Waals surface area contributed by atoms with Crippen LogP contribution in [0.15, 0.2) is 83.8 Å². The number of halogens is 1. The quantitative estimate of drug-likeness (QED) is 0.513. The van der Waals surface area contributed by atoms with E-state index in [2.05, 4.69) is 21.8 Å². The third-order valence-corrected chi connectivity index (χ3v) is 7.32. The van der Waals surface area contributed by atoms with Gasteiger partial charge in [-0.05, 0) is 35.9 Å². The molecule has 34 heavy (non-hydrogen) atoms. The summed E-state index contributed by atoms with van der Waals surface area (Å²) in [5.41, 5.74) is 1.99. The minimum Gasteiger partial charge on any atom is -0.482 e. The molecule has 3 aromatic rings. The number of hydrogen-bond acceptors (Lipinski definition) is 5. The molecule has 0 spiro atoms. The second kappa shape index (κ2) is 10.9. The summed E-state index contributed by atoms with van der Waals surface area (Å²) in [5.74, 6) is 0.130. The minimum absolute atomic E-state index is 0.0316. The number of anilines is 1. The highest BCUT2D eigenvalue weighted by atomic mass is 35.5. The lowest BCUT2D eigenvalue weighted by atomic mass is 10.2. The monoisotopic (exact) mass is 499 g/mol. The van der Waals surface area contributed by atoms with Crippen LogP contribution in [-0.2, 0) is 21.4 Å². The highest BCUT2D eigenvalue weighted by Gasteiger charge is 2.22. The lowest BCUT2D eigenvalue weighted by Gasteiger charge is -2.36. The minimum atomic E-state index is -3.74. The Morgan fingerprint density at radius 1 is 0.912 bits per heavy atom. The third kappa shape index (κ3) is 6.08. The number of sulfonamides is 1. The van der Waals surface area contributed by atoms with Gasteiger partial charge in [0.25, 0.3) is 5.91 Å². The lowest BCUT2D eigenvalue weighted by Crippen LogP contribution is -2.50. The normalized spacial score (nSPS) is 14.1. The summed E-state index contributed by atoms with van der Waals surface area (Å²) in [5, 5.41) is 0.129. The number of para-hydroxylation sites is 1. The van der Waals surface area contributed by atoms with Crippen molar-refractivity contribution in [1.82, 2.24) is 9.62 Å². The van der Waals surface area contributed by atoms with Crippen molar-refractivity contribution in [2.24, 2.45) is 0 Å². The van der Waals surface area contributed by atoms with Crippen LogP contribution in [0.1, 0.15) is 5.56 Å². The van der Waals surface area contributed by atoms with Crippen LogP contribution in [-0.4, -0.2) is 52.0 Å². The van der Waals surface area contributed by atoms with Gasteiger partial charge in [-0.15, -0.1) is 0 Å². The summed E-state index contributed by atoms with van der Waals surface area (Å²) in [6, 6.07) is 23.5. The van der Waals surface area contributed by atoms with Gasteiger partial charge in [0.2, 0.25) is 10.0 Å². The van der Waals surface area contributed by atoms with E-state index in [1.165, 1.54) is 18.2 Å². The molecule has 178 valence electrons. The number of hydrogen-bond donors (Lipinski definition) is 1. The van der Waals surface area contributed by atoms with Crippen LogP contribution in [0.3, 0.4) is 0 Å². The summed E-state index contributed by atoms with van der Waals surface area (Å²) in [6.45, 7) is 2.72. The molecule has 3 aromatic carbocycles. The Kier molecular flexibility index (Phi) is 7.72. The van der Waals surface area contributed by atoms with E-state index in [4.69, 9.17) is 16.3 Å². The first-order valence-corrected chi connectivity index (χ1v) is 12.8. The molecule has 1 N–H and O–H groups in total. The molecule has 0 aliphatic carbocycles. The summed E-state index contributed by atoms with van der Waals surface area (Å²) in [7, 11) is -3.74. The van der Waals surface area contributed by atoms with Crippen molar-refractivity contribution in [2.45, 2.75) is 11.4 Å². The second-order valence-corrected chi connectivity index (χ2v) is 10.1. The molecule has 1 fully saturated rings. The molecule has 7 nitrogen and oxygen atoms in total. The molecule has 1 aliphatic heterocycles. The molecule has 9 heteroatoms. The molecule has 1 aliphatic rings. The van der Waals surface area contributed by atoms with Crippen LogP contribution < -0.4 is 14.4 Å². The number of nitrogens with one attached hydrogen (secondary N) is 1. The molecule has 1 saturated heterocycles. The Morgan fingerprint density at radius 3 is 2.21 bits per heavy atom. The number of piperazine rings is 1. The van der Waals surface area contributed by atoms with Crippen LogP contribution in [0.5, 0.6) is 5.75 Å². The number of ether oxygens (including phenoxy) is 1. The summed E-state index contributed by atoms with van der Waals surface area (Å²) >= 11 is 6.26. The van der Waals surface area contributed by atoms with Gasteiger partial charge in [0, 0.05) is 38.4 Å². The number of rotatable bonds is 8. The summed E-state index contributed by atoms with van der Waals surface area (Å²) < 4.78 is 33.4. The first-order valence-electron chi connectivity index (χ1n) is 11.0. The zero-order valence-electron chi connectivity index (χ0n) is 18.6. The van der Waals surface area contributed by atoms with E-state index in [0.717, 1.165) is 24.3 Å². The molecule has 0 bridgehead atoms. The van der Waals surface area contributed by atoms with Crippen molar-refractivity contribution >= 4 is 33.2 Å². The Morgan fingerprint density at radius 2 is 1.56 bits per heavy atom. The van der Waals surface area contributed by atoms with E-state index in [-0.39, 0.29) is 34.7 Å². The van der Waals surface area contributed by atoms with Crippen molar-refractivity contribution in [1.29, 1.82) is 0 Å². The van der Waals surface area contributed by atoms with Crippen LogP contribution >= 0.6 is 11.6 Å². The molecule has 1 heterocycles. The van der Waals surface area contributed by atoms with Gasteiger partial charge in [-0.25, -0.2) is 13.1 Å². The van der Waals surface area contributed by atoms with E-state index in [1.54, 1.807) is 4.90 Å². The fourth-order valence-corrected chi connectivity index (χ4v) is 5.05. The standard InChI is InChI=1S/C25H26ClN3O4S/c26-23-17-22(34(31,32)27-18-20-7-3-1-4-8-20)11-12-24(23)33-19-25(30)29-15-13-28(14-16-29)21-9-5-2-6-10-21/h1-12,17,27H,13-16,18-19H2. The van der Waals surface area contributed by atoms with Crippen molar-refractivity contribution < 1.29 is 17.9 Å². The van der Waals surface area contributed by atoms with Crippen molar-refractivity contribution in [3.63, 3.8) is 0 Å². The maximum atomic E-state index is 12.6. The number of carbonyl (C=O) groups excluding carboxylic acids is 1. The zero-order chi connectivity index (χ0) is 24.0. The van der Waals surface area contributed by atoms with Crippen molar-refractivity contribution in [3.8, 4) is 5.75 Å². The van der Waals surface area contributed by atoms with Crippen LogP contribution in [0.4, 0.5) is 5.69 Å². The molecule has 1 amide bonds. The largest absolute Gasteiger partial charge is 0.482 e. The molecular weight excluding hydrogens is 474 g/mol. The predicted molar refractivity (Wildman–Crippen MR) is 133 cm³/mol. The van der Waals surface area contributed by atoms with Gasteiger partial charge in [0.1, 0.15) is 5.75 Å². The van der Waals surface area contributed by atoms with E-state index in [0.29, 0.717) is 13.1 Å². The van der Waals surface area contributed by atoms with E-state index in [9.17, 15) is 13.2 Å². The average molecular weight is 500 g/mol. The van der Waals surface area contributed by atoms with Gasteiger partial charge < -0.3 is 14.5 Å². The van der Waals surface area contributed by atoms with Gasteiger partial charge in [0.15, 0.2) is 6.61 Å². The summed E-state index contributed by atoms with van der Waals surface area (Å²) in [4.78, 5) is 16.6. The van der Waals surface area contributed by atoms with Gasteiger partial charge in [-0.2, -0.15) is 0 Å². The topological polar surface area (TPSA) is 78.9 Å². The van der Waals surface area contributed by atoms with Crippen LogP contribution in [0.2, 0.25) is 5.02 Å². The Bertz CT molecular complexity index is 1220. The molecular formula is C25H26ClN3O4S. The SMILES string of the molecule is O=C(COc1ccc(S(=O)(=O)NCc2ccccc2)cc1Cl)N1CCN(c2ccccc2)CC1. The molecule has 0 saturated carbocycles. The second-order valence-electron chi connectivity index (χ2n) is 7.89. The van der Waals surface area contributed by atoms with Gasteiger partial charge >= 0.3 is 0 Å². The maximum Gasteiger partial charge on any atom is 0.260 e. The number of amides is 1. The van der Waals surface area contributed by atoms with Gasteiger partial charge in [-0.1, -0.05) is 60.1 Å². The van der Waals surface area contributed by atoms with Gasteiger partial charge in [0.05, 0.1) is 9.92 Å². The molecule has 0 aromatic heterocycles. The van der Waals surface area contributed by atoms with Crippen LogP contribution in [0.25, 0.3) is 0 Å². The summed E-state index contributed by atoms with van der Waals surface area (Å²) in [6.07, 6.45) is 0. The lowest BCUT2D eigenvalue weighted by molar-refractivity contribution is -0.133. The smallest absolute Gasteiger partial charge is 0.260 e. The Labute approximate surface area is 205 Å². The highest BCUT2D eigenvalue weighted by molar-refractivity contribution is 7.89. The van der Waals surface area contributed by atoms with Crippen LogP contribution in [0, 0.1) is 0 Å². The third-order valence-electron chi connectivity index (χ3n) is 5.63. The van der Waals surface area contributed by atoms with E-state index in [1.807, 2.05) is 48.5 Å². The molecule has 0 radical (unpaired) electrons. The fraction of sp³-hybridized carbons (Fsp3) is 0.240. The number of benzene rings is 3. The first kappa shape index (κ1) is 24.1. The Balaban J connectivity index is 1.29. The fourth-order valence-electron chi connectivity index (χ4n) is 3.71. The highest BCUT2D eigenvalue weighted by Crippen LogP contribution is 2.27. The number of nitrogens with zero attached hydrogens (tertiary/aromatic N) is 2. The van der Waals surface area contributed by atoms with Crippen molar-refractivity contribution in [2.75, 3.05) is 37.7 Å². The average Bonchev–Trinajstić information content (AvgIpc) is 2.88.